The Bertz CT molecular complexity index is 1220. The van der Waals surface area contributed by atoms with E-state index in [0.717, 1.165) is 102 Å². The number of carbonyl (C=O) groups is 2. The average Bonchev–Trinajstić information content (AvgIpc) is 3.32. The summed E-state index contributed by atoms with van der Waals surface area (Å²) in [6.07, 6.45) is 11.1. The van der Waals surface area contributed by atoms with E-state index in [2.05, 4.69) is 63.6 Å². The van der Waals surface area contributed by atoms with Crippen LogP contribution in [0.4, 0.5) is 0 Å². The van der Waals surface area contributed by atoms with Crippen LogP contribution in [0.5, 0.6) is 0 Å². The SMILES string of the molecule is CC(=O)O[C@H]1C[C@@]2(C)C(C[C@@H](O)C3[C@@]4(C)CC[C@@H](O)[C@@H](C)C4CC[C@@]32C)/C1=C(\CCC=C(C)C)C(=O)NCCCNCCCCNCCCN. The molecule has 0 spiro atoms. The van der Waals surface area contributed by atoms with Crippen molar-refractivity contribution in [1.82, 2.24) is 16.0 Å². The zero-order valence-electron chi connectivity index (χ0n) is 32.5. The first-order chi connectivity index (χ1) is 23.7. The number of esters is 1. The zero-order chi connectivity index (χ0) is 36.7. The van der Waals surface area contributed by atoms with Crippen LogP contribution in [-0.4, -0.2) is 79.7 Å². The molecule has 0 aromatic carbocycles. The zero-order valence-corrected chi connectivity index (χ0v) is 32.5. The first kappa shape index (κ1) is 41.0. The van der Waals surface area contributed by atoms with Crippen LogP contribution >= 0.6 is 0 Å². The van der Waals surface area contributed by atoms with Crippen LogP contribution in [-0.2, 0) is 14.3 Å². The molecule has 0 heterocycles. The van der Waals surface area contributed by atoms with Gasteiger partial charge in [0.05, 0.1) is 12.2 Å². The van der Waals surface area contributed by atoms with Crippen LogP contribution in [0.1, 0.15) is 126 Å². The number of carbonyl (C=O) groups excluding carboxylic acids is 2. The van der Waals surface area contributed by atoms with Gasteiger partial charge in [0.1, 0.15) is 6.10 Å². The molecule has 10 atom stereocenters. The van der Waals surface area contributed by atoms with Crippen molar-refractivity contribution in [3.05, 3.63) is 22.8 Å². The largest absolute Gasteiger partial charge is 0.458 e. The van der Waals surface area contributed by atoms with Gasteiger partial charge in [0.15, 0.2) is 0 Å². The maximum Gasteiger partial charge on any atom is 0.303 e. The highest BCUT2D eigenvalue weighted by molar-refractivity contribution is 5.94. The van der Waals surface area contributed by atoms with Crippen LogP contribution in [0.2, 0.25) is 0 Å². The van der Waals surface area contributed by atoms with E-state index in [1.807, 2.05) is 0 Å². The molecule has 0 aliphatic heterocycles. The molecular formula is C41H72N4O5. The van der Waals surface area contributed by atoms with Gasteiger partial charge >= 0.3 is 5.97 Å². The van der Waals surface area contributed by atoms with Gasteiger partial charge in [-0.25, -0.2) is 0 Å². The van der Waals surface area contributed by atoms with Crippen molar-refractivity contribution >= 4 is 11.9 Å². The number of aliphatic hydroxyl groups excluding tert-OH is 2. The molecule has 3 unspecified atom stereocenters. The van der Waals surface area contributed by atoms with Crippen molar-refractivity contribution in [2.75, 3.05) is 39.3 Å². The van der Waals surface area contributed by atoms with Crippen LogP contribution in [0.3, 0.4) is 0 Å². The molecule has 0 saturated heterocycles. The van der Waals surface area contributed by atoms with E-state index in [1.165, 1.54) is 12.5 Å². The van der Waals surface area contributed by atoms with E-state index >= 15 is 0 Å². The highest BCUT2D eigenvalue weighted by Gasteiger charge is 2.70. The predicted molar refractivity (Wildman–Crippen MR) is 201 cm³/mol. The highest BCUT2D eigenvalue weighted by Crippen LogP contribution is 2.74. The van der Waals surface area contributed by atoms with Gasteiger partial charge in [0.2, 0.25) is 5.91 Å². The summed E-state index contributed by atoms with van der Waals surface area (Å²) in [6.45, 7) is 20.0. The third kappa shape index (κ3) is 8.70. The summed E-state index contributed by atoms with van der Waals surface area (Å²) in [6, 6.07) is 0. The molecule has 9 heteroatoms. The van der Waals surface area contributed by atoms with Crippen molar-refractivity contribution in [2.45, 2.75) is 144 Å². The second kappa shape index (κ2) is 17.8. The number of nitrogens with two attached hydrogens (primary N) is 1. The van der Waals surface area contributed by atoms with Gasteiger partial charge in [0.25, 0.3) is 0 Å². The topological polar surface area (TPSA) is 146 Å². The quantitative estimate of drug-likeness (QED) is 0.0513. The molecule has 4 aliphatic carbocycles. The third-order valence-electron chi connectivity index (χ3n) is 13.9. The number of aliphatic hydroxyl groups is 2. The van der Waals surface area contributed by atoms with Gasteiger partial charge < -0.3 is 36.6 Å². The fourth-order valence-corrected chi connectivity index (χ4v) is 11.3. The van der Waals surface area contributed by atoms with Crippen LogP contribution < -0.4 is 21.7 Å². The molecular weight excluding hydrogens is 628 g/mol. The van der Waals surface area contributed by atoms with E-state index < -0.39 is 12.2 Å². The Hall–Kier alpha value is -1.78. The van der Waals surface area contributed by atoms with Crippen molar-refractivity contribution in [3.8, 4) is 0 Å². The van der Waals surface area contributed by atoms with Crippen molar-refractivity contribution in [2.24, 2.45) is 45.7 Å². The first-order valence-corrected chi connectivity index (χ1v) is 20.0. The normalized spacial score (nSPS) is 37.3. The molecule has 0 bridgehead atoms. The summed E-state index contributed by atoms with van der Waals surface area (Å²) in [7, 11) is 0. The minimum Gasteiger partial charge on any atom is -0.458 e. The fraction of sp³-hybridized carbons (Fsp3) is 0.854. The lowest BCUT2D eigenvalue weighted by Gasteiger charge is -2.69. The molecule has 0 aromatic rings. The van der Waals surface area contributed by atoms with E-state index in [9.17, 15) is 19.8 Å². The second-order valence-electron chi connectivity index (χ2n) is 17.3. The number of hydrogen-bond acceptors (Lipinski definition) is 8. The monoisotopic (exact) mass is 701 g/mol. The molecule has 7 N–H and O–H groups in total. The number of rotatable bonds is 17. The standard InChI is InChI=1S/C41H72N4O5/c1-27(2)13-10-14-30(38(49)45-24-12-23-44-21-9-8-20-43-22-11-19-42)36-32-25-34(48)37-39(5)17-16-33(47)28(3)31(39)15-18-40(37,6)41(32,7)26-35(36)50-29(4)46/h13,28,31-35,37,43-44,47-48H,8-12,14-26,42H2,1-7H3,(H,45,49)/b36-30-/t28-,31?,32?,33+,34+,35-,37?,39-,40-,41-/m0/s1. The molecule has 4 aliphatic rings. The summed E-state index contributed by atoms with van der Waals surface area (Å²) >= 11 is 0. The summed E-state index contributed by atoms with van der Waals surface area (Å²) in [5, 5.41) is 33.2. The Labute approximate surface area is 303 Å². The minimum atomic E-state index is -0.533. The van der Waals surface area contributed by atoms with E-state index in [4.69, 9.17) is 10.5 Å². The third-order valence-corrected chi connectivity index (χ3v) is 13.9. The number of amides is 1. The first-order valence-electron chi connectivity index (χ1n) is 20.0. The smallest absolute Gasteiger partial charge is 0.303 e. The van der Waals surface area contributed by atoms with Gasteiger partial charge in [-0.15, -0.1) is 0 Å². The highest BCUT2D eigenvalue weighted by atomic mass is 16.5. The van der Waals surface area contributed by atoms with E-state index in [-0.39, 0.29) is 52.0 Å². The van der Waals surface area contributed by atoms with Crippen molar-refractivity contribution in [3.63, 3.8) is 0 Å². The lowest BCUT2D eigenvalue weighted by atomic mass is 9.36. The molecule has 0 aromatic heterocycles. The maximum absolute atomic E-state index is 14.2. The maximum atomic E-state index is 14.2. The molecule has 50 heavy (non-hydrogen) atoms. The second-order valence-corrected chi connectivity index (χ2v) is 17.3. The van der Waals surface area contributed by atoms with Crippen LogP contribution in [0.15, 0.2) is 22.8 Å². The predicted octanol–water partition coefficient (Wildman–Crippen LogP) is 5.40. The van der Waals surface area contributed by atoms with Crippen molar-refractivity contribution < 1.29 is 24.5 Å². The summed E-state index contributed by atoms with van der Waals surface area (Å²) in [4.78, 5) is 26.8. The number of allylic oxidation sites excluding steroid dienone is 2. The minimum absolute atomic E-state index is 0.0613. The molecule has 0 radical (unpaired) electrons. The molecule has 1 amide bonds. The molecule has 4 rings (SSSR count). The molecule has 4 saturated carbocycles. The number of fused-ring (bicyclic) bond motifs is 5. The Morgan fingerprint density at radius 1 is 0.900 bits per heavy atom. The number of ether oxygens (including phenoxy) is 1. The van der Waals surface area contributed by atoms with Gasteiger partial charge in [-0.05, 0) is 169 Å². The molecule has 9 nitrogen and oxygen atoms in total. The van der Waals surface area contributed by atoms with Gasteiger partial charge in [-0.1, -0.05) is 39.3 Å². The van der Waals surface area contributed by atoms with Gasteiger partial charge in [-0.3, -0.25) is 9.59 Å². The van der Waals surface area contributed by atoms with Gasteiger partial charge in [-0.2, -0.15) is 0 Å². The number of hydrogen-bond donors (Lipinski definition) is 6. The molecule has 286 valence electrons. The average molecular weight is 701 g/mol. The van der Waals surface area contributed by atoms with Gasteiger partial charge in [0, 0.05) is 19.0 Å². The lowest BCUT2D eigenvalue weighted by Crippen LogP contribution is -2.65. The van der Waals surface area contributed by atoms with Crippen molar-refractivity contribution in [1.29, 1.82) is 0 Å². The van der Waals surface area contributed by atoms with Crippen LogP contribution in [0, 0.1) is 39.9 Å². The number of unbranched alkanes of at least 4 members (excludes halogenated alkanes) is 1. The van der Waals surface area contributed by atoms with Crippen LogP contribution in [0.25, 0.3) is 0 Å². The number of nitrogens with one attached hydrogen (secondary N) is 3. The summed E-state index contributed by atoms with van der Waals surface area (Å²) in [5.74, 6) is 0.185. The molecule has 4 fully saturated rings. The van der Waals surface area contributed by atoms with E-state index in [0.29, 0.717) is 31.7 Å². The Morgan fingerprint density at radius 3 is 2.20 bits per heavy atom. The Morgan fingerprint density at radius 2 is 1.56 bits per heavy atom. The summed E-state index contributed by atoms with van der Waals surface area (Å²) in [5.41, 5.74) is 7.89. The Kier molecular flexibility index (Phi) is 14.6. The fourth-order valence-electron chi connectivity index (χ4n) is 11.3. The summed E-state index contributed by atoms with van der Waals surface area (Å²) < 4.78 is 6.15. The lowest BCUT2D eigenvalue weighted by molar-refractivity contribution is -0.234. The Balaban J connectivity index is 1.55. The van der Waals surface area contributed by atoms with E-state index in [1.54, 1.807) is 0 Å².